The van der Waals surface area contributed by atoms with Gasteiger partial charge in [0.2, 0.25) is 0 Å². The van der Waals surface area contributed by atoms with Crippen molar-refractivity contribution in [2.24, 2.45) is 0 Å². The first-order valence-corrected chi connectivity index (χ1v) is 6.37. The fraction of sp³-hybridized carbons (Fsp3) is 0.917. The van der Waals surface area contributed by atoms with Crippen molar-refractivity contribution in [3.63, 3.8) is 0 Å². The molecule has 0 amide bonds. The Morgan fingerprint density at radius 1 is 1.11 bits per heavy atom. The highest BCUT2D eigenvalue weighted by molar-refractivity contribution is 5.69. The number of hydrogen-bond donors (Lipinski definition) is 4. The first-order chi connectivity index (χ1) is 8.64. The number of aliphatic hydroxyl groups excluding tert-OH is 3. The lowest BCUT2D eigenvalue weighted by Gasteiger charge is -2.28. The molecule has 6 heteroatoms. The molecule has 0 saturated carbocycles. The highest BCUT2D eigenvalue weighted by Crippen LogP contribution is 2.04. The number of ether oxygens (including phenoxy) is 1. The largest absolute Gasteiger partial charge is 0.466 e. The molecule has 0 aromatic carbocycles. The van der Waals surface area contributed by atoms with E-state index in [0.29, 0.717) is 19.6 Å². The molecule has 4 N–H and O–H groups in total. The van der Waals surface area contributed by atoms with Crippen LogP contribution in [-0.2, 0) is 9.53 Å². The quantitative estimate of drug-likeness (QED) is 0.294. The summed E-state index contributed by atoms with van der Waals surface area (Å²) in [6.45, 7) is 1.81. The molecule has 0 saturated heterocycles. The summed E-state index contributed by atoms with van der Waals surface area (Å²) < 4.78 is 4.80. The summed E-state index contributed by atoms with van der Waals surface area (Å²) in [4.78, 5) is 11.0. The van der Waals surface area contributed by atoms with Crippen molar-refractivity contribution in [3.8, 4) is 0 Å². The summed E-state index contributed by atoms with van der Waals surface area (Å²) in [6, 6.07) is 0. The number of rotatable bonds is 11. The lowest BCUT2D eigenvalue weighted by Crippen LogP contribution is -2.55. The summed E-state index contributed by atoms with van der Waals surface area (Å²) in [5, 5.41) is 30.1. The lowest BCUT2D eigenvalue weighted by atomic mass is 10.0. The smallest absolute Gasteiger partial charge is 0.305 e. The molecule has 0 bridgehead atoms. The van der Waals surface area contributed by atoms with E-state index in [-0.39, 0.29) is 25.8 Å². The molecule has 0 atom stereocenters. The van der Waals surface area contributed by atoms with Gasteiger partial charge >= 0.3 is 5.97 Å². The van der Waals surface area contributed by atoms with E-state index in [4.69, 9.17) is 20.1 Å². The molecule has 0 radical (unpaired) electrons. The maximum atomic E-state index is 11.0. The van der Waals surface area contributed by atoms with Crippen molar-refractivity contribution in [1.29, 1.82) is 0 Å². The molecule has 0 spiro atoms. The molecule has 0 aromatic heterocycles. The average molecular weight is 263 g/mol. The van der Waals surface area contributed by atoms with Gasteiger partial charge in [0.25, 0.3) is 0 Å². The third-order valence-electron chi connectivity index (χ3n) is 2.77. The molecule has 108 valence electrons. The number of carbonyl (C=O) groups excluding carboxylic acids is 1. The van der Waals surface area contributed by atoms with E-state index in [1.165, 1.54) is 0 Å². The van der Waals surface area contributed by atoms with Gasteiger partial charge in [-0.1, -0.05) is 6.42 Å². The zero-order chi connectivity index (χ0) is 13.9. The molecule has 0 aliphatic heterocycles. The first-order valence-electron chi connectivity index (χ1n) is 6.37. The van der Waals surface area contributed by atoms with Crippen LogP contribution in [0.1, 0.15) is 32.6 Å². The zero-order valence-corrected chi connectivity index (χ0v) is 11.0. The predicted molar refractivity (Wildman–Crippen MR) is 67.1 cm³/mol. The summed E-state index contributed by atoms with van der Waals surface area (Å²) in [6.07, 6.45) is 2.83. The van der Waals surface area contributed by atoms with Crippen molar-refractivity contribution in [3.05, 3.63) is 0 Å². The monoisotopic (exact) mass is 263 g/mol. The highest BCUT2D eigenvalue weighted by atomic mass is 16.5. The first kappa shape index (κ1) is 17.3. The fourth-order valence-electron chi connectivity index (χ4n) is 1.48. The third-order valence-corrected chi connectivity index (χ3v) is 2.77. The van der Waals surface area contributed by atoms with Gasteiger partial charge in [0.1, 0.15) is 0 Å². The lowest BCUT2D eigenvalue weighted by molar-refractivity contribution is -0.143. The van der Waals surface area contributed by atoms with Crippen molar-refractivity contribution in [1.82, 2.24) is 5.32 Å². The summed E-state index contributed by atoms with van der Waals surface area (Å²) in [7, 11) is 0. The van der Waals surface area contributed by atoms with Gasteiger partial charge in [0.05, 0.1) is 32.0 Å². The van der Waals surface area contributed by atoms with Gasteiger partial charge in [-0.05, 0) is 26.3 Å². The van der Waals surface area contributed by atoms with E-state index in [9.17, 15) is 4.79 Å². The van der Waals surface area contributed by atoms with E-state index in [1.54, 1.807) is 6.92 Å². The number of unbranched alkanes of at least 4 members (excludes halogenated alkanes) is 2. The van der Waals surface area contributed by atoms with E-state index < -0.39 is 5.54 Å². The minimum Gasteiger partial charge on any atom is -0.466 e. The van der Waals surface area contributed by atoms with Crippen molar-refractivity contribution >= 4 is 5.97 Å². The second-order valence-corrected chi connectivity index (χ2v) is 4.30. The van der Waals surface area contributed by atoms with E-state index in [2.05, 4.69) is 5.32 Å². The van der Waals surface area contributed by atoms with Gasteiger partial charge in [-0.2, -0.15) is 0 Å². The van der Waals surface area contributed by atoms with Crippen molar-refractivity contribution < 1.29 is 24.9 Å². The molecule has 0 unspecified atom stereocenters. The van der Waals surface area contributed by atoms with Crippen LogP contribution in [0.15, 0.2) is 0 Å². The molecule has 0 heterocycles. The van der Waals surface area contributed by atoms with Gasteiger partial charge in [0, 0.05) is 6.42 Å². The Balaban J connectivity index is 3.58. The maximum absolute atomic E-state index is 11.0. The van der Waals surface area contributed by atoms with Crippen LogP contribution in [0, 0.1) is 0 Å². The molecular weight excluding hydrogens is 238 g/mol. The van der Waals surface area contributed by atoms with Crippen molar-refractivity contribution in [2.45, 2.75) is 38.1 Å². The number of aliphatic hydroxyl groups is 3. The predicted octanol–water partition coefficient (Wildman–Crippen LogP) is -0.585. The standard InChI is InChI=1S/C12H25NO5/c1-2-18-11(17)6-4-3-5-7-13-12(8-14,9-15)10-16/h13-16H,2-10H2,1H3. The molecule has 0 fully saturated rings. The Kier molecular flexibility index (Phi) is 9.86. The summed E-state index contributed by atoms with van der Waals surface area (Å²) >= 11 is 0. The van der Waals surface area contributed by atoms with E-state index in [1.807, 2.05) is 0 Å². The molecular formula is C12H25NO5. The second kappa shape index (κ2) is 10.3. The van der Waals surface area contributed by atoms with Crippen LogP contribution in [0.5, 0.6) is 0 Å². The third kappa shape index (κ3) is 6.90. The van der Waals surface area contributed by atoms with Gasteiger partial charge in [-0.15, -0.1) is 0 Å². The van der Waals surface area contributed by atoms with Gasteiger partial charge in [-0.3, -0.25) is 4.79 Å². The highest BCUT2D eigenvalue weighted by Gasteiger charge is 2.26. The Labute approximate surface area is 108 Å². The zero-order valence-electron chi connectivity index (χ0n) is 11.0. The van der Waals surface area contributed by atoms with E-state index >= 15 is 0 Å². The molecule has 0 aliphatic rings. The second-order valence-electron chi connectivity index (χ2n) is 4.30. The molecule has 0 rings (SSSR count). The Morgan fingerprint density at radius 3 is 2.22 bits per heavy atom. The fourth-order valence-corrected chi connectivity index (χ4v) is 1.48. The maximum Gasteiger partial charge on any atom is 0.305 e. The van der Waals surface area contributed by atoms with Crippen LogP contribution < -0.4 is 5.32 Å². The molecule has 0 aromatic rings. The summed E-state index contributed by atoms with van der Waals surface area (Å²) in [5.74, 6) is -0.180. The molecule has 0 aliphatic carbocycles. The van der Waals surface area contributed by atoms with E-state index in [0.717, 1.165) is 19.3 Å². The molecule has 18 heavy (non-hydrogen) atoms. The number of carbonyl (C=O) groups is 1. The average Bonchev–Trinajstić information content (AvgIpc) is 2.39. The Morgan fingerprint density at radius 2 is 1.72 bits per heavy atom. The van der Waals surface area contributed by atoms with Crippen LogP contribution in [0.25, 0.3) is 0 Å². The van der Waals surface area contributed by atoms with Crippen LogP contribution in [-0.4, -0.2) is 59.8 Å². The molecule has 6 nitrogen and oxygen atoms in total. The van der Waals surface area contributed by atoms with Gasteiger partial charge in [0.15, 0.2) is 0 Å². The Bertz CT molecular complexity index is 210. The SMILES string of the molecule is CCOC(=O)CCCCCNC(CO)(CO)CO. The van der Waals surface area contributed by atoms with Crippen LogP contribution in [0.3, 0.4) is 0 Å². The van der Waals surface area contributed by atoms with Gasteiger partial charge < -0.3 is 25.4 Å². The minimum absolute atomic E-state index is 0.180. The van der Waals surface area contributed by atoms with Crippen LogP contribution in [0.4, 0.5) is 0 Å². The van der Waals surface area contributed by atoms with Gasteiger partial charge in [-0.25, -0.2) is 0 Å². The number of esters is 1. The number of hydrogen-bond acceptors (Lipinski definition) is 6. The van der Waals surface area contributed by atoms with Crippen LogP contribution in [0.2, 0.25) is 0 Å². The topological polar surface area (TPSA) is 99.0 Å². The van der Waals surface area contributed by atoms with Crippen LogP contribution >= 0.6 is 0 Å². The minimum atomic E-state index is -1.01. The number of nitrogens with one attached hydrogen (secondary N) is 1. The summed E-state index contributed by atoms with van der Waals surface area (Å²) in [5.41, 5.74) is -1.01. The Hall–Kier alpha value is -0.690. The normalized spacial score (nSPS) is 11.6. The van der Waals surface area contributed by atoms with Crippen molar-refractivity contribution in [2.75, 3.05) is 33.0 Å².